The molecule has 0 aliphatic carbocycles. The van der Waals surface area contributed by atoms with E-state index in [0.717, 1.165) is 32.7 Å². The first-order valence-corrected chi connectivity index (χ1v) is 11.3. The molecule has 32 heavy (non-hydrogen) atoms. The molecule has 5 rings (SSSR count). The maximum Gasteiger partial charge on any atom is 0.161 e. The summed E-state index contributed by atoms with van der Waals surface area (Å²) in [6.45, 7) is 1.99. The van der Waals surface area contributed by atoms with Crippen LogP contribution in [0.1, 0.15) is 29.0 Å². The average Bonchev–Trinajstić information content (AvgIpc) is 2.85. The third-order valence-electron chi connectivity index (χ3n) is 5.39. The Morgan fingerprint density at radius 2 is 1.44 bits per heavy atom. The molecule has 0 fully saturated rings. The lowest BCUT2D eigenvalue weighted by atomic mass is 10.0. The Labute approximate surface area is 196 Å². The molecule has 0 saturated carbocycles. The lowest BCUT2D eigenvalue weighted by molar-refractivity contribution is 0.0386. The van der Waals surface area contributed by atoms with Crippen LogP contribution in [0.3, 0.4) is 0 Å². The highest BCUT2D eigenvalue weighted by Gasteiger charge is 2.29. The fourth-order valence-corrected chi connectivity index (χ4v) is 4.07. The minimum absolute atomic E-state index is 0.0942. The highest BCUT2D eigenvalue weighted by atomic mass is 79.9. The van der Waals surface area contributed by atoms with E-state index in [1.54, 1.807) is 0 Å². The average molecular weight is 484 g/mol. The summed E-state index contributed by atoms with van der Waals surface area (Å²) in [5.74, 6) is 1.41. The van der Waals surface area contributed by atoms with Gasteiger partial charge in [0, 0.05) is 21.8 Å². The predicted octanol–water partition coefficient (Wildman–Crippen LogP) is 7.00. The zero-order chi connectivity index (χ0) is 21.9. The van der Waals surface area contributed by atoms with Crippen LogP contribution in [0.15, 0.2) is 108 Å². The number of nitrogens with zero attached hydrogens (tertiary/aromatic N) is 3. The van der Waals surface area contributed by atoms with Gasteiger partial charge in [-0.15, -0.1) is 0 Å². The number of hydrogen-bond donors (Lipinski definition) is 0. The van der Waals surface area contributed by atoms with Gasteiger partial charge in [0.1, 0.15) is 12.1 Å². The molecule has 0 amide bonds. The van der Waals surface area contributed by atoms with Crippen molar-refractivity contribution in [2.24, 2.45) is 0 Å². The van der Waals surface area contributed by atoms with Gasteiger partial charge in [-0.2, -0.15) is 0 Å². The van der Waals surface area contributed by atoms with Crippen LogP contribution in [-0.2, 0) is 4.84 Å². The van der Waals surface area contributed by atoms with E-state index in [1.165, 1.54) is 0 Å². The fraction of sp³-hybridized carbons (Fsp3) is 0.111. The number of aryl methyl sites for hydroxylation is 1. The number of anilines is 1. The summed E-state index contributed by atoms with van der Waals surface area (Å²) in [5.41, 5.74) is 4.08. The van der Waals surface area contributed by atoms with E-state index < -0.39 is 0 Å². The minimum Gasteiger partial charge on any atom is -0.259 e. The van der Waals surface area contributed by atoms with Crippen LogP contribution in [0, 0.1) is 6.92 Å². The van der Waals surface area contributed by atoms with E-state index in [9.17, 15) is 0 Å². The zero-order valence-electron chi connectivity index (χ0n) is 17.6. The maximum absolute atomic E-state index is 6.54. The lowest BCUT2D eigenvalue weighted by Gasteiger charge is -2.36. The van der Waals surface area contributed by atoms with Gasteiger partial charge in [0.2, 0.25) is 0 Å². The first-order chi connectivity index (χ1) is 15.7. The molecule has 0 spiro atoms. The van der Waals surface area contributed by atoms with Gasteiger partial charge in [0.15, 0.2) is 11.6 Å². The lowest BCUT2D eigenvalue weighted by Crippen LogP contribution is -2.33. The van der Waals surface area contributed by atoms with Crippen molar-refractivity contribution in [1.29, 1.82) is 0 Å². The molecule has 0 saturated heterocycles. The third-order valence-corrected chi connectivity index (χ3v) is 5.91. The van der Waals surface area contributed by atoms with Crippen molar-refractivity contribution < 1.29 is 4.84 Å². The van der Waals surface area contributed by atoms with E-state index in [2.05, 4.69) is 57.3 Å². The van der Waals surface area contributed by atoms with Gasteiger partial charge in [0.05, 0.1) is 0 Å². The van der Waals surface area contributed by atoms with Crippen LogP contribution in [0.5, 0.6) is 0 Å². The third kappa shape index (κ3) is 4.35. The van der Waals surface area contributed by atoms with Crippen molar-refractivity contribution in [3.8, 4) is 11.4 Å². The van der Waals surface area contributed by atoms with Gasteiger partial charge in [-0.25, -0.2) is 15.0 Å². The highest BCUT2D eigenvalue weighted by Crippen LogP contribution is 2.37. The van der Waals surface area contributed by atoms with E-state index in [4.69, 9.17) is 9.82 Å². The largest absolute Gasteiger partial charge is 0.259 e. The normalized spacial score (nSPS) is 18.0. The monoisotopic (exact) mass is 483 g/mol. The Hall–Kier alpha value is -3.28. The van der Waals surface area contributed by atoms with Gasteiger partial charge < -0.3 is 0 Å². The van der Waals surface area contributed by atoms with Crippen LogP contribution in [0.2, 0.25) is 0 Å². The summed E-state index contributed by atoms with van der Waals surface area (Å²) in [7, 11) is 0. The predicted molar refractivity (Wildman–Crippen MR) is 131 cm³/mol. The molecule has 158 valence electrons. The molecule has 0 N–H and O–H groups in total. The molecule has 1 aliphatic heterocycles. The fourth-order valence-electron chi connectivity index (χ4n) is 3.81. The Bertz CT molecular complexity index is 1230. The first kappa shape index (κ1) is 20.6. The molecule has 1 aliphatic rings. The minimum atomic E-state index is -0.192. The topological polar surface area (TPSA) is 38.2 Å². The van der Waals surface area contributed by atoms with E-state index >= 15 is 0 Å². The van der Waals surface area contributed by atoms with Gasteiger partial charge in [-0.3, -0.25) is 4.84 Å². The second-order valence-electron chi connectivity index (χ2n) is 7.70. The molecule has 4 nitrogen and oxygen atoms in total. The van der Waals surface area contributed by atoms with E-state index in [-0.39, 0.29) is 12.1 Å². The second kappa shape index (κ2) is 9.07. The standard InChI is InChI=1S/C27H22BrN3O/c1-19-18-26(30-27(29-19)22-12-14-23(28)15-13-22)31-24(20-8-4-2-5-9-20)16-17-25(32-31)21-10-6-3-7-11-21/h2-18,24-25H,1H3/t24-,25+/m0/s1. The summed E-state index contributed by atoms with van der Waals surface area (Å²) in [6, 6.07) is 30.5. The number of hydroxylamine groups is 1. The number of rotatable bonds is 4. The summed E-state index contributed by atoms with van der Waals surface area (Å²) in [4.78, 5) is 16.1. The summed E-state index contributed by atoms with van der Waals surface area (Å²) in [6.07, 6.45) is 4.11. The highest BCUT2D eigenvalue weighted by molar-refractivity contribution is 9.10. The quantitative estimate of drug-likeness (QED) is 0.292. The summed E-state index contributed by atoms with van der Waals surface area (Å²) in [5, 5.41) is 1.91. The van der Waals surface area contributed by atoms with Crippen molar-refractivity contribution in [2.45, 2.75) is 19.1 Å². The Morgan fingerprint density at radius 1 is 0.781 bits per heavy atom. The molecular formula is C27H22BrN3O. The molecular weight excluding hydrogens is 462 g/mol. The van der Waals surface area contributed by atoms with Crippen LogP contribution >= 0.6 is 15.9 Å². The Balaban J connectivity index is 1.58. The van der Waals surface area contributed by atoms with Crippen LogP contribution in [0.25, 0.3) is 11.4 Å². The second-order valence-corrected chi connectivity index (χ2v) is 8.62. The summed E-state index contributed by atoms with van der Waals surface area (Å²) < 4.78 is 1.02. The molecule has 3 aromatic carbocycles. The van der Waals surface area contributed by atoms with E-state index in [1.807, 2.05) is 78.7 Å². The van der Waals surface area contributed by atoms with Gasteiger partial charge in [0.25, 0.3) is 0 Å². The zero-order valence-corrected chi connectivity index (χ0v) is 19.2. The summed E-state index contributed by atoms with van der Waals surface area (Å²) >= 11 is 3.50. The molecule has 0 unspecified atom stereocenters. The number of hydrogen-bond acceptors (Lipinski definition) is 4. The van der Waals surface area contributed by atoms with Crippen molar-refractivity contribution in [2.75, 3.05) is 5.06 Å². The van der Waals surface area contributed by atoms with Crippen LogP contribution in [0.4, 0.5) is 5.82 Å². The Morgan fingerprint density at radius 3 is 2.12 bits per heavy atom. The molecule has 2 heterocycles. The van der Waals surface area contributed by atoms with Crippen molar-refractivity contribution in [3.05, 3.63) is 124 Å². The van der Waals surface area contributed by atoms with Gasteiger partial charge >= 0.3 is 0 Å². The molecule has 1 aromatic heterocycles. The van der Waals surface area contributed by atoms with Gasteiger partial charge in [-0.1, -0.05) is 101 Å². The molecule has 5 heteroatoms. The molecule has 0 bridgehead atoms. The smallest absolute Gasteiger partial charge is 0.161 e. The number of benzene rings is 3. The Kier molecular flexibility index (Phi) is 5.84. The van der Waals surface area contributed by atoms with Crippen LogP contribution < -0.4 is 5.06 Å². The van der Waals surface area contributed by atoms with Gasteiger partial charge in [-0.05, 0) is 30.2 Å². The van der Waals surface area contributed by atoms with Crippen molar-refractivity contribution >= 4 is 21.7 Å². The molecule has 0 radical (unpaired) electrons. The first-order valence-electron chi connectivity index (χ1n) is 10.5. The SMILES string of the molecule is Cc1cc(N2O[C@@H](c3ccccc3)C=C[C@H]2c2ccccc2)nc(-c2ccc(Br)cc2)n1. The molecule has 4 aromatic rings. The molecule has 2 atom stereocenters. The number of halogens is 1. The van der Waals surface area contributed by atoms with E-state index in [0.29, 0.717) is 5.82 Å². The maximum atomic E-state index is 6.54. The van der Waals surface area contributed by atoms with Crippen molar-refractivity contribution in [1.82, 2.24) is 9.97 Å². The number of aromatic nitrogens is 2. The van der Waals surface area contributed by atoms with Crippen molar-refractivity contribution in [3.63, 3.8) is 0 Å². The van der Waals surface area contributed by atoms with Crippen LogP contribution in [-0.4, -0.2) is 9.97 Å².